The molecular weight excluding hydrogens is 376 g/mol. The van der Waals surface area contributed by atoms with Gasteiger partial charge in [-0.3, -0.25) is 9.69 Å². The first kappa shape index (κ1) is 16.6. The molecular formula is C17H19BrN2O2S. The molecule has 6 heteroatoms. The van der Waals surface area contributed by atoms with Crippen LogP contribution in [0.25, 0.3) is 0 Å². The summed E-state index contributed by atoms with van der Waals surface area (Å²) < 4.78 is 0.834. The third-order valence-electron chi connectivity index (χ3n) is 4.07. The number of piperazine rings is 1. The lowest BCUT2D eigenvalue weighted by molar-refractivity contribution is 0.0532. The number of hydrogen-bond donors (Lipinski definition) is 1. The Balaban J connectivity index is 1.54. The summed E-state index contributed by atoms with van der Waals surface area (Å²) in [4.78, 5) is 17.7. The zero-order valence-electron chi connectivity index (χ0n) is 12.7. The standard InChI is InChI=1S/C17H19BrN2O2S/c18-14-5-2-1-4-13(14)17(22)20-9-7-19(8-10-20)12-15(21)16-6-3-11-23-16/h1-6,11,15,21H,7-10,12H2/t15-/m0/s1. The van der Waals surface area contributed by atoms with Gasteiger partial charge in [0.05, 0.1) is 5.56 Å². The molecule has 1 aromatic heterocycles. The molecule has 1 atom stereocenters. The third-order valence-corrected chi connectivity index (χ3v) is 5.73. The summed E-state index contributed by atoms with van der Waals surface area (Å²) in [5.41, 5.74) is 0.708. The zero-order chi connectivity index (χ0) is 16.2. The number of benzene rings is 1. The quantitative estimate of drug-likeness (QED) is 0.866. The number of nitrogens with zero attached hydrogens (tertiary/aromatic N) is 2. The third kappa shape index (κ3) is 4.01. The first-order valence-corrected chi connectivity index (χ1v) is 9.30. The van der Waals surface area contributed by atoms with E-state index in [1.165, 1.54) is 0 Å². The second-order valence-electron chi connectivity index (χ2n) is 5.60. The highest BCUT2D eigenvalue weighted by Gasteiger charge is 2.24. The van der Waals surface area contributed by atoms with Crippen LogP contribution in [0.15, 0.2) is 46.3 Å². The topological polar surface area (TPSA) is 43.8 Å². The lowest BCUT2D eigenvalue weighted by atomic mass is 10.1. The van der Waals surface area contributed by atoms with Gasteiger partial charge in [-0.05, 0) is 39.5 Å². The second kappa shape index (κ2) is 7.57. The van der Waals surface area contributed by atoms with E-state index in [-0.39, 0.29) is 5.91 Å². The number of amides is 1. The predicted molar refractivity (Wildman–Crippen MR) is 95.8 cm³/mol. The van der Waals surface area contributed by atoms with E-state index in [1.54, 1.807) is 11.3 Å². The van der Waals surface area contributed by atoms with E-state index >= 15 is 0 Å². The van der Waals surface area contributed by atoms with E-state index < -0.39 is 6.10 Å². The second-order valence-corrected chi connectivity index (χ2v) is 7.44. The summed E-state index contributed by atoms with van der Waals surface area (Å²) in [6, 6.07) is 11.4. The molecule has 1 saturated heterocycles. The minimum atomic E-state index is -0.444. The molecule has 0 spiro atoms. The van der Waals surface area contributed by atoms with E-state index in [9.17, 15) is 9.90 Å². The number of aliphatic hydroxyl groups is 1. The summed E-state index contributed by atoms with van der Waals surface area (Å²) in [5, 5.41) is 12.2. The van der Waals surface area contributed by atoms with Gasteiger partial charge in [0.1, 0.15) is 6.10 Å². The van der Waals surface area contributed by atoms with Gasteiger partial charge in [0.25, 0.3) is 5.91 Å². The van der Waals surface area contributed by atoms with Crippen LogP contribution in [0.1, 0.15) is 21.3 Å². The van der Waals surface area contributed by atoms with E-state index in [1.807, 2.05) is 46.7 Å². The summed E-state index contributed by atoms with van der Waals surface area (Å²) >= 11 is 5.02. The van der Waals surface area contributed by atoms with Crippen LogP contribution in [0.2, 0.25) is 0 Å². The molecule has 0 unspecified atom stereocenters. The van der Waals surface area contributed by atoms with Crippen molar-refractivity contribution < 1.29 is 9.90 Å². The normalized spacial score (nSPS) is 17.2. The smallest absolute Gasteiger partial charge is 0.255 e. The van der Waals surface area contributed by atoms with E-state index in [2.05, 4.69) is 20.8 Å². The molecule has 1 N–H and O–H groups in total. The van der Waals surface area contributed by atoms with E-state index in [4.69, 9.17) is 0 Å². The van der Waals surface area contributed by atoms with Crippen LogP contribution < -0.4 is 0 Å². The summed E-state index contributed by atoms with van der Waals surface area (Å²) in [5.74, 6) is 0.0657. The molecule has 4 nitrogen and oxygen atoms in total. The molecule has 23 heavy (non-hydrogen) atoms. The van der Waals surface area contributed by atoms with Crippen LogP contribution in [-0.2, 0) is 0 Å². The molecule has 2 aromatic rings. The van der Waals surface area contributed by atoms with Crippen molar-refractivity contribution in [1.29, 1.82) is 0 Å². The number of hydrogen-bond acceptors (Lipinski definition) is 4. The van der Waals surface area contributed by atoms with Crippen LogP contribution >= 0.6 is 27.3 Å². The van der Waals surface area contributed by atoms with Gasteiger partial charge in [-0.15, -0.1) is 11.3 Å². The van der Waals surface area contributed by atoms with Crippen molar-refractivity contribution in [2.24, 2.45) is 0 Å². The van der Waals surface area contributed by atoms with Crippen molar-refractivity contribution in [1.82, 2.24) is 9.80 Å². The number of carbonyl (C=O) groups excluding carboxylic acids is 1. The van der Waals surface area contributed by atoms with E-state index in [0.717, 1.165) is 22.4 Å². The first-order chi connectivity index (χ1) is 11.1. The van der Waals surface area contributed by atoms with Crippen molar-refractivity contribution in [3.63, 3.8) is 0 Å². The van der Waals surface area contributed by atoms with Gasteiger partial charge >= 0.3 is 0 Å². The Hall–Kier alpha value is -1.21. The summed E-state index contributed by atoms with van der Waals surface area (Å²) in [6.07, 6.45) is -0.444. The monoisotopic (exact) mass is 394 g/mol. The molecule has 2 heterocycles. The highest BCUT2D eigenvalue weighted by Crippen LogP contribution is 2.21. The average molecular weight is 395 g/mol. The molecule has 0 bridgehead atoms. The molecule has 1 fully saturated rings. The molecule has 0 radical (unpaired) electrons. The number of β-amino-alcohol motifs (C(OH)–C–C–N with tert-alkyl or cyclic N) is 1. The van der Waals surface area contributed by atoms with E-state index in [0.29, 0.717) is 25.2 Å². The number of rotatable bonds is 4. The van der Waals surface area contributed by atoms with Gasteiger partial charge in [0.2, 0.25) is 0 Å². The van der Waals surface area contributed by atoms with Crippen LogP contribution in [0.4, 0.5) is 0 Å². The van der Waals surface area contributed by atoms with Crippen molar-refractivity contribution in [3.8, 4) is 0 Å². The SMILES string of the molecule is O=C(c1ccccc1Br)N1CCN(C[C@H](O)c2cccs2)CC1. The van der Waals surface area contributed by atoms with Crippen LogP contribution in [0, 0.1) is 0 Å². The van der Waals surface area contributed by atoms with Crippen molar-refractivity contribution in [2.45, 2.75) is 6.10 Å². The van der Waals surface area contributed by atoms with Gasteiger partial charge < -0.3 is 10.0 Å². The Labute approximate surface area is 148 Å². The van der Waals surface area contributed by atoms with Gasteiger partial charge in [0.15, 0.2) is 0 Å². The molecule has 1 aromatic carbocycles. The molecule has 3 rings (SSSR count). The maximum atomic E-state index is 12.6. The fourth-order valence-corrected chi connectivity index (χ4v) is 3.91. The lowest BCUT2D eigenvalue weighted by Gasteiger charge is -2.35. The first-order valence-electron chi connectivity index (χ1n) is 7.63. The maximum Gasteiger partial charge on any atom is 0.255 e. The van der Waals surface area contributed by atoms with Gasteiger partial charge in [-0.25, -0.2) is 0 Å². The van der Waals surface area contributed by atoms with Gasteiger partial charge in [-0.1, -0.05) is 18.2 Å². The Morgan fingerprint density at radius 1 is 1.17 bits per heavy atom. The van der Waals surface area contributed by atoms with Crippen molar-refractivity contribution in [3.05, 3.63) is 56.7 Å². The van der Waals surface area contributed by atoms with Crippen molar-refractivity contribution in [2.75, 3.05) is 32.7 Å². The largest absolute Gasteiger partial charge is 0.386 e. The lowest BCUT2D eigenvalue weighted by Crippen LogP contribution is -2.49. The number of carbonyl (C=O) groups is 1. The Bertz CT molecular complexity index is 654. The number of thiophene rings is 1. The molecule has 1 amide bonds. The molecule has 1 aliphatic rings. The van der Waals surface area contributed by atoms with Crippen molar-refractivity contribution >= 4 is 33.2 Å². The average Bonchev–Trinajstić information content (AvgIpc) is 3.10. The minimum Gasteiger partial charge on any atom is -0.386 e. The van der Waals surface area contributed by atoms with Gasteiger partial charge in [-0.2, -0.15) is 0 Å². The molecule has 0 aliphatic carbocycles. The Kier molecular flexibility index (Phi) is 5.48. The molecule has 122 valence electrons. The maximum absolute atomic E-state index is 12.6. The number of halogens is 1. The fraction of sp³-hybridized carbons (Fsp3) is 0.353. The highest BCUT2D eigenvalue weighted by molar-refractivity contribution is 9.10. The van der Waals surface area contributed by atoms with Crippen LogP contribution in [0.3, 0.4) is 0 Å². The summed E-state index contributed by atoms with van der Waals surface area (Å²) in [7, 11) is 0. The Morgan fingerprint density at radius 2 is 1.91 bits per heavy atom. The molecule has 0 saturated carbocycles. The fourth-order valence-electron chi connectivity index (χ4n) is 2.75. The predicted octanol–water partition coefficient (Wildman–Crippen LogP) is 3.00. The van der Waals surface area contributed by atoms with Crippen LogP contribution in [0.5, 0.6) is 0 Å². The Morgan fingerprint density at radius 3 is 2.57 bits per heavy atom. The highest BCUT2D eigenvalue weighted by atomic mass is 79.9. The number of aliphatic hydroxyl groups excluding tert-OH is 1. The van der Waals surface area contributed by atoms with Gasteiger partial charge in [0, 0.05) is 42.1 Å². The minimum absolute atomic E-state index is 0.0657. The molecule has 1 aliphatic heterocycles. The zero-order valence-corrected chi connectivity index (χ0v) is 15.1. The summed E-state index contributed by atoms with van der Waals surface area (Å²) in [6.45, 7) is 3.59. The van der Waals surface area contributed by atoms with Crippen LogP contribution in [-0.4, -0.2) is 53.5 Å².